The first-order chi connectivity index (χ1) is 9.72. The molecule has 1 aromatic carbocycles. The molecule has 1 unspecified atom stereocenters. The molecule has 0 saturated heterocycles. The Kier molecular flexibility index (Phi) is 5.01. The Morgan fingerprint density at radius 2 is 2.05 bits per heavy atom. The van der Waals surface area contributed by atoms with Crippen LogP contribution in [0.5, 0.6) is 5.75 Å². The number of primary amides is 1. The Balaban J connectivity index is 2.28. The third kappa shape index (κ3) is 3.51. The maximum Gasteiger partial charge on any atom is 0.235 e. The number of rotatable bonds is 6. The van der Waals surface area contributed by atoms with Crippen molar-refractivity contribution in [3.05, 3.63) is 54.2 Å². The van der Waals surface area contributed by atoms with Crippen molar-refractivity contribution in [3.63, 3.8) is 0 Å². The zero-order valence-corrected chi connectivity index (χ0v) is 12.0. The Bertz CT molecular complexity index is 575. The van der Waals surface area contributed by atoms with Crippen molar-refractivity contribution in [2.75, 3.05) is 6.61 Å². The fourth-order valence-electron chi connectivity index (χ4n) is 1.76. The Labute approximate surface area is 122 Å². The number of pyridine rings is 1. The molecule has 1 aromatic heterocycles. The van der Waals surface area contributed by atoms with Gasteiger partial charge in [-0.2, -0.15) is 0 Å². The summed E-state index contributed by atoms with van der Waals surface area (Å²) in [6, 6.07) is 13.1. The lowest BCUT2D eigenvalue weighted by Crippen LogP contribution is -2.19. The lowest BCUT2D eigenvalue weighted by molar-refractivity contribution is -0.117. The van der Waals surface area contributed by atoms with Gasteiger partial charge >= 0.3 is 0 Å². The quantitative estimate of drug-likeness (QED) is 0.830. The molecule has 0 spiro atoms. The molecular formula is C15H16N2O2S. The van der Waals surface area contributed by atoms with Gasteiger partial charge in [0.05, 0.1) is 6.61 Å². The molecule has 2 rings (SSSR count). The van der Waals surface area contributed by atoms with Crippen LogP contribution in [0.4, 0.5) is 0 Å². The molecule has 0 aliphatic heterocycles. The lowest BCUT2D eigenvalue weighted by Gasteiger charge is -2.15. The van der Waals surface area contributed by atoms with Crippen LogP contribution in [0.1, 0.15) is 17.7 Å². The molecule has 0 aliphatic carbocycles. The van der Waals surface area contributed by atoms with Gasteiger partial charge in [-0.3, -0.25) is 4.79 Å². The van der Waals surface area contributed by atoms with Gasteiger partial charge in [-0.05, 0) is 24.6 Å². The summed E-state index contributed by atoms with van der Waals surface area (Å²) in [4.78, 5) is 16.0. The maximum atomic E-state index is 11.7. The van der Waals surface area contributed by atoms with Gasteiger partial charge in [0.1, 0.15) is 10.3 Å². The third-order valence-corrected chi connectivity index (χ3v) is 3.90. The van der Waals surface area contributed by atoms with Crippen LogP contribution in [0.3, 0.4) is 0 Å². The molecule has 0 fully saturated rings. The van der Waals surface area contributed by atoms with E-state index in [1.165, 1.54) is 11.8 Å². The zero-order chi connectivity index (χ0) is 14.4. The molecular weight excluding hydrogens is 272 g/mol. The van der Waals surface area contributed by atoms with E-state index in [2.05, 4.69) is 4.98 Å². The maximum absolute atomic E-state index is 11.7. The van der Waals surface area contributed by atoms with E-state index in [0.29, 0.717) is 17.4 Å². The third-order valence-electron chi connectivity index (χ3n) is 2.63. The van der Waals surface area contributed by atoms with E-state index >= 15 is 0 Å². The Morgan fingerprint density at radius 3 is 2.70 bits per heavy atom. The minimum absolute atomic E-state index is 0.394. The van der Waals surface area contributed by atoms with Crippen LogP contribution in [0.15, 0.2) is 53.7 Å². The smallest absolute Gasteiger partial charge is 0.235 e. The molecule has 0 aliphatic rings. The largest absolute Gasteiger partial charge is 0.491 e. The topological polar surface area (TPSA) is 65.2 Å². The van der Waals surface area contributed by atoms with Crippen molar-refractivity contribution >= 4 is 17.7 Å². The van der Waals surface area contributed by atoms with Crippen LogP contribution in [-0.4, -0.2) is 17.5 Å². The van der Waals surface area contributed by atoms with Gasteiger partial charge < -0.3 is 10.5 Å². The van der Waals surface area contributed by atoms with Gasteiger partial charge in [-0.15, -0.1) is 0 Å². The van der Waals surface area contributed by atoms with Gasteiger partial charge in [0.15, 0.2) is 5.75 Å². The van der Waals surface area contributed by atoms with E-state index in [-0.39, 0.29) is 0 Å². The Morgan fingerprint density at radius 1 is 1.30 bits per heavy atom. The molecule has 5 heteroatoms. The fourth-order valence-corrected chi connectivity index (χ4v) is 2.76. The van der Waals surface area contributed by atoms with E-state index in [1.54, 1.807) is 12.3 Å². The van der Waals surface area contributed by atoms with Crippen LogP contribution in [0.2, 0.25) is 0 Å². The summed E-state index contributed by atoms with van der Waals surface area (Å²) < 4.78 is 5.52. The second kappa shape index (κ2) is 6.96. The number of hydrogen-bond acceptors (Lipinski definition) is 4. The Hall–Kier alpha value is -2.01. The molecule has 1 heterocycles. The number of benzene rings is 1. The molecule has 4 nitrogen and oxygen atoms in total. The van der Waals surface area contributed by atoms with Gasteiger partial charge in [0.25, 0.3) is 0 Å². The van der Waals surface area contributed by atoms with Crippen LogP contribution in [-0.2, 0) is 4.79 Å². The highest BCUT2D eigenvalue weighted by Gasteiger charge is 2.21. The van der Waals surface area contributed by atoms with Crippen molar-refractivity contribution in [3.8, 4) is 5.75 Å². The highest BCUT2D eigenvalue weighted by Crippen LogP contribution is 2.38. The van der Waals surface area contributed by atoms with Crippen LogP contribution in [0.25, 0.3) is 0 Å². The van der Waals surface area contributed by atoms with E-state index in [0.717, 1.165) is 5.56 Å². The summed E-state index contributed by atoms with van der Waals surface area (Å²) in [6.45, 7) is 2.45. The van der Waals surface area contributed by atoms with Crippen molar-refractivity contribution in [1.82, 2.24) is 4.98 Å². The molecule has 2 aromatic rings. The molecule has 2 N–H and O–H groups in total. The van der Waals surface area contributed by atoms with E-state index < -0.39 is 11.2 Å². The minimum Gasteiger partial charge on any atom is -0.491 e. The molecule has 1 atom stereocenters. The van der Waals surface area contributed by atoms with Gasteiger partial charge in [0, 0.05) is 6.20 Å². The number of hydrogen-bond donors (Lipinski definition) is 1. The first-order valence-corrected chi connectivity index (χ1v) is 7.19. The van der Waals surface area contributed by atoms with Crippen molar-refractivity contribution in [2.24, 2.45) is 5.73 Å². The molecule has 104 valence electrons. The van der Waals surface area contributed by atoms with Gasteiger partial charge in [-0.1, -0.05) is 42.1 Å². The number of amides is 1. The first kappa shape index (κ1) is 14.4. The second-order valence-electron chi connectivity index (χ2n) is 4.05. The molecule has 1 amide bonds. The van der Waals surface area contributed by atoms with Crippen LogP contribution in [0, 0.1) is 0 Å². The summed E-state index contributed by atoms with van der Waals surface area (Å²) in [7, 11) is 0. The highest BCUT2D eigenvalue weighted by atomic mass is 32.2. The molecule has 0 radical (unpaired) electrons. The fraction of sp³-hybridized carbons (Fsp3) is 0.200. The van der Waals surface area contributed by atoms with E-state index in [1.807, 2.05) is 43.3 Å². The number of carbonyl (C=O) groups excluding carboxylic acids is 1. The number of aromatic nitrogens is 1. The molecule has 20 heavy (non-hydrogen) atoms. The van der Waals surface area contributed by atoms with E-state index in [9.17, 15) is 4.79 Å². The predicted octanol–water partition coefficient (Wildman–Crippen LogP) is 2.80. The monoisotopic (exact) mass is 288 g/mol. The summed E-state index contributed by atoms with van der Waals surface area (Å²) in [5, 5.41) is 0.187. The SMILES string of the molecule is CCOc1cccnc1SC(C(N)=O)c1ccccc1. The lowest BCUT2D eigenvalue weighted by atomic mass is 10.1. The number of carbonyl (C=O) groups is 1. The van der Waals surface area contributed by atoms with Gasteiger partial charge in [0.2, 0.25) is 5.91 Å². The molecule has 0 saturated carbocycles. The highest BCUT2D eigenvalue weighted by molar-refractivity contribution is 8.00. The summed E-state index contributed by atoms with van der Waals surface area (Å²) in [6.07, 6.45) is 1.67. The summed E-state index contributed by atoms with van der Waals surface area (Å²) in [5.41, 5.74) is 6.37. The summed E-state index contributed by atoms with van der Waals surface area (Å²) >= 11 is 1.31. The van der Waals surface area contributed by atoms with Crippen molar-refractivity contribution in [1.29, 1.82) is 0 Å². The number of nitrogens with zero attached hydrogens (tertiary/aromatic N) is 1. The predicted molar refractivity (Wildman–Crippen MR) is 79.6 cm³/mol. The summed E-state index contributed by atoms with van der Waals surface area (Å²) in [5.74, 6) is 0.275. The average molecular weight is 288 g/mol. The normalized spacial score (nSPS) is 11.8. The van der Waals surface area contributed by atoms with E-state index in [4.69, 9.17) is 10.5 Å². The van der Waals surface area contributed by atoms with Gasteiger partial charge in [-0.25, -0.2) is 4.98 Å². The number of ether oxygens (including phenoxy) is 1. The van der Waals surface area contributed by atoms with Crippen LogP contribution < -0.4 is 10.5 Å². The second-order valence-corrected chi connectivity index (χ2v) is 5.14. The average Bonchev–Trinajstić information content (AvgIpc) is 2.47. The number of thioether (sulfide) groups is 1. The first-order valence-electron chi connectivity index (χ1n) is 6.31. The number of nitrogens with two attached hydrogens (primary N) is 1. The minimum atomic E-state index is -0.481. The zero-order valence-electron chi connectivity index (χ0n) is 11.2. The van der Waals surface area contributed by atoms with Crippen molar-refractivity contribution in [2.45, 2.75) is 17.2 Å². The molecule has 0 bridgehead atoms. The van der Waals surface area contributed by atoms with Crippen LogP contribution >= 0.6 is 11.8 Å². The standard InChI is InChI=1S/C15H16N2O2S/c1-2-19-12-9-6-10-17-15(12)20-13(14(16)18)11-7-4-3-5-8-11/h3-10,13H,2H2,1H3,(H2,16,18). The van der Waals surface area contributed by atoms with Crippen molar-refractivity contribution < 1.29 is 9.53 Å².